The van der Waals surface area contributed by atoms with E-state index in [-0.39, 0.29) is 0 Å². The van der Waals surface area contributed by atoms with Gasteiger partial charge in [0.15, 0.2) is 0 Å². The Labute approximate surface area is 168 Å². The maximum atomic E-state index is 6.31. The summed E-state index contributed by atoms with van der Waals surface area (Å²) in [6.07, 6.45) is 9.07. The Kier molecular flexibility index (Phi) is 4.23. The molecule has 0 bridgehead atoms. The van der Waals surface area contributed by atoms with Crippen LogP contribution in [-0.2, 0) is 6.54 Å². The van der Waals surface area contributed by atoms with E-state index in [2.05, 4.69) is 45.9 Å². The molecular weight excluding hydrogens is 368 g/mol. The Morgan fingerprint density at radius 1 is 1.21 bits per heavy atom. The van der Waals surface area contributed by atoms with Crippen LogP contribution in [0.25, 0.3) is 31.6 Å². The number of aryl methyl sites for hydroxylation is 1. The van der Waals surface area contributed by atoms with Crippen LogP contribution in [0.2, 0.25) is 0 Å². The average Bonchev–Trinajstić information content (AvgIpc) is 3.40. The fourth-order valence-corrected chi connectivity index (χ4v) is 5.64. The van der Waals surface area contributed by atoms with E-state index in [4.69, 9.17) is 10.5 Å². The topological polar surface area (TPSA) is 66.0 Å². The van der Waals surface area contributed by atoms with Gasteiger partial charge in [-0.3, -0.25) is 0 Å². The Morgan fingerprint density at radius 3 is 2.82 bits per heavy atom. The molecule has 2 N–H and O–H groups in total. The molecule has 1 saturated carbocycles. The lowest BCUT2D eigenvalue weighted by Crippen LogP contribution is -2.07. The molecule has 0 saturated heterocycles. The molecule has 0 amide bonds. The molecule has 0 atom stereocenters. The van der Waals surface area contributed by atoms with Crippen molar-refractivity contribution in [2.75, 3.05) is 12.8 Å². The number of anilines is 1. The van der Waals surface area contributed by atoms with Crippen LogP contribution in [0.1, 0.15) is 31.2 Å². The van der Waals surface area contributed by atoms with E-state index < -0.39 is 0 Å². The maximum Gasteiger partial charge on any atom is 0.146 e. The molecule has 0 unspecified atom stereocenters. The number of nitrogens with two attached hydrogens (primary N) is 1. The van der Waals surface area contributed by atoms with Crippen LogP contribution in [0.3, 0.4) is 0 Å². The summed E-state index contributed by atoms with van der Waals surface area (Å²) in [5.74, 6) is 2.20. The second-order valence-electron chi connectivity index (χ2n) is 7.80. The molecule has 28 heavy (non-hydrogen) atoms. The number of nitrogen functional groups attached to an aromatic ring is 1. The number of thiophene rings is 1. The number of rotatable bonds is 4. The standard InChI is InChI=1S/C22H24N4OS/c1-13-7-15-9-18(28-20(15)17(8-13)27-2)16-11-26(10-14-5-3-4-6-14)22-19(16)21(23)24-12-25-22/h7-9,11-12,14H,3-6,10H2,1-2H3,(H2,23,24,25). The van der Waals surface area contributed by atoms with E-state index in [0.717, 1.165) is 39.5 Å². The zero-order valence-corrected chi connectivity index (χ0v) is 17.1. The van der Waals surface area contributed by atoms with Crippen LogP contribution in [0.15, 0.2) is 30.7 Å². The van der Waals surface area contributed by atoms with Crippen molar-refractivity contribution in [2.24, 2.45) is 5.92 Å². The van der Waals surface area contributed by atoms with Crippen LogP contribution in [0.4, 0.5) is 5.82 Å². The molecule has 0 spiro atoms. The van der Waals surface area contributed by atoms with Crippen molar-refractivity contribution < 1.29 is 4.74 Å². The highest BCUT2D eigenvalue weighted by molar-refractivity contribution is 7.22. The molecule has 4 aromatic rings. The predicted molar refractivity (Wildman–Crippen MR) is 116 cm³/mol. The zero-order valence-electron chi connectivity index (χ0n) is 16.2. The van der Waals surface area contributed by atoms with Gasteiger partial charge in [0.1, 0.15) is 23.5 Å². The second-order valence-corrected chi connectivity index (χ2v) is 8.85. The van der Waals surface area contributed by atoms with Crippen molar-refractivity contribution in [3.8, 4) is 16.2 Å². The van der Waals surface area contributed by atoms with Crippen LogP contribution in [-0.4, -0.2) is 21.6 Å². The van der Waals surface area contributed by atoms with Crippen molar-refractivity contribution in [2.45, 2.75) is 39.2 Å². The molecule has 3 aromatic heterocycles. The molecule has 0 aliphatic heterocycles. The number of methoxy groups -OCH3 is 1. The largest absolute Gasteiger partial charge is 0.495 e. The molecule has 0 radical (unpaired) electrons. The molecule has 144 valence electrons. The third-order valence-electron chi connectivity index (χ3n) is 5.82. The van der Waals surface area contributed by atoms with Crippen LogP contribution in [0, 0.1) is 12.8 Å². The third kappa shape index (κ3) is 2.83. The first-order valence-corrected chi connectivity index (χ1v) is 10.6. The summed E-state index contributed by atoms with van der Waals surface area (Å²) < 4.78 is 9.06. The quantitative estimate of drug-likeness (QED) is 0.505. The number of hydrogen-bond acceptors (Lipinski definition) is 5. The number of aromatic nitrogens is 3. The van der Waals surface area contributed by atoms with E-state index in [1.165, 1.54) is 41.5 Å². The van der Waals surface area contributed by atoms with Gasteiger partial charge in [-0.15, -0.1) is 11.3 Å². The van der Waals surface area contributed by atoms with Gasteiger partial charge >= 0.3 is 0 Å². The highest BCUT2D eigenvalue weighted by Gasteiger charge is 2.21. The summed E-state index contributed by atoms with van der Waals surface area (Å²) >= 11 is 1.74. The van der Waals surface area contributed by atoms with E-state index in [1.54, 1.807) is 24.8 Å². The summed E-state index contributed by atoms with van der Waals surface area (Å²) in [6, 6.07) is 6.52. The van der Waals surface area contributed by atoms with Gasteiger partial charge in [-0.05, 0) is 48.8 Å². The average molecular weight is 393 g/mol. The Hall–Kier alpha value is -2.60. The molecule has 3 heterocycles. The van der Waals surface area contributed by atoms with Gasteiger partial charge in [-0.1, -0.05) is 18.9 Å². The molecule has 1 aliphatic rings. The van der Waals surface area contributed by atoms with Crippen molar-refractivity contribution in [3.63, 3.8) is 0 Å². The van der Waals surface area contributed by atoms with Crippen molar-refractivity contribution in [1.82, 2.24) is 14.5 Å². The Morgan fingerprint density at radius 2 is 2.04 bits per heavy atom. The Bertz CT molecular complexity index is 1170. The fourth-order valence-electron chi connectivity index (χ4n) is 4.49. The second kappa shape index (κ2) is 6.78. The summed E-state index contributed by atoms with van der Waals surface area (Å²) in [6.45, 7) is 3.10. The number of benzene rings is 1. The van der Waals surface area contributed by atoms with Gasteiger partial charge in [-0.25, -0.2) is 9.97 Å². The summed E-state index contributed by atoms with van der Waals surface area (Å²) in [4.78, 5) is 10.0. The maximum absolute atomic E-state index is 6.31. The minimum absolute atomic E-state index is 0.547. The molecule has 6 heteroatoms. The smallest absolute Gasteiger partial charge is 0.146 e. The van der Waals surface area contributed by atoms with Crippen LogP contribution in [0.5, 0.6) is 5.75 Å². The first kappa shape index (κ1) is 17.5. The monoisotopic (exact) mass is 392 g/mol. The van der Waals surface area contributed by atoms with Gasteiger partial charge in [0.05, 0.1) is 17.2 Å². The normalized spacial score (nSPS) is 15.1. The van der Waals surface area contributed by atoms with Crippen molar-refractivity contribution in [3.05, 3.63) is 36.3 Å². The summed E-state index contributed by atoms with van der Waals surface area (Å²) in [7, 11) is 1.73. The first-order chi connectivity index (χ1) is 13.6. The predicted octanol–water partition coefficient (Wildman–Crippen LogP) is 5.40. The minimum atomic E-state index is 0.547. The van der Waals surface area contributed by atoms with E-state index in [1.807, 2.05) is 0 Å². The third-order valence-corrected chi connectivity index (χ3v) is 7.02. The minimum Gasteiger partial charge on any atom is -0.495 e. The lowest BCUT2D eigenvalue weighted by Gasteiger charge is -2.10. The molecule has 1 aromatic carbocycles. The van der Waals surface area contributed by atoms with Gasteiger partial charge in [0.25, 0.3) is 0 Å². The number of nitrogens with zero attached hydrogens (tertiary/aromatic N) is 3. The lowest BCUT2D eigenvalue weighted by molar-refractivity contribution is 0.420. The lowest BCUT2D eigenvalue weighted by atomic mass is 10.1. The molecule has 5 rings (SSSR count). The summed E-state index contributed by atoms with van der Waals surface area (Å²) in [5.41, 5.74) is 9.56. The number of fused-ring (bicyclic) bond motifs is 2. The molecular formula is C22H24N4OS. The molecule has 1 aliphatic carbocycles. The zero-order chi connectivity index (χ0) is 19.3. The SMILES string of the molecule is COc1cc(C)cc2cc(-c3cn(CC4CCCC4)c4ncnc(N)c34)sc12. The fraction of sp³-hybridized carbons (Fsp3) is 0.364. The van der Waals surface area contributed by atoms with Gasteiger partial charge < -0.3 is 15.0 Å². The van der Waals surface area contributed by atoms with Crippen molar-refractivity contribution in [1.29, 1.82) is 0 Å². The van der Waals surface area contributed by atoms with Crippen LogP contribution < -0.4 is 10.5 Å². The first-order valence-electron chi connectivity index (χ1n) is 9.82. The molecule has 1 fully saturated rings. The molecule has 5 nitrogen and oxygen atoms in total. The number of hydrogen-bond donors (Lipinski definition) is 1. The van der Waals surface area contributed by atoms with E-state index >= 15 is 0 Å². The van der Waals surface area contributed by atoms with Gasteiger partial charge in [-0.2, -0.15) is 0 Å². The number of ether oxygens (including phenoxy) is 1. The Balaban J connectivity index is 1.69. The van der Waals surface area contributed by atoms with E-state index in [9.17, 15) is 0 Å². The van der Waals surface area contributed by atoms with Gasteiger partial charge in [0, 0.05) is 23.2 Å². The van der Waals surface area contributed by atoms with Crippen molar-refractivity contribution >= 4 is 38.3 Å². The highest BCUT2D eigenvalue weighted by atomic mass is 32.1. The highest BCUT2D eigenvalue weighted by Crippen LogP contribution is 2.43. The summed E-state index contributed by atoms with van der Waals surface area (Å²) in [5, 5.41) is 2.16. The van der Waals surface area contributed by atoms with Crippen LogP contribution >= 0.6 is 11.3 Å². The van der Waals surface area contributed by atoms with Gasteiger partial charge in [0.2, 0.25) is 0 Å². The van der Waals surface area contributed by atoms with E-state index in [0.29, 0.717) is 5.82 Å².